The number of primary amides is 1. The normalized spacial score (nSPS) is 10.8. The van der Waals surface area contributed by atoms with Crippen LogP contribution in [0.15, 0.2) is 36.5 Å². The molecule has 0 fully saturated rings. The molecular formula is C15H14N4O3. The molecular weight excluding hydrogens is 284 g/mol. The van der Waals surface area contributed by atoms with Crippen LogP contribution >= 0.6 is 0 Å². The van der Waals surface area contributed by atoms with Crippen LogP contribution < -0.4 is 5.73 Å². The summed E-state index contributed by atoms with van der Waals surface area (Å²) in [4.78, 5) is 23.0. The molecule has 22 heavy (non-hydrogen) atoms. The average Bonchev–Trinajstić information content (AvgIpc) is 3.14. The minimum Gasteiger partial charge on any atom is -0.468 e. The van der Waals surface area contributed by atoms with Gasteiger partial charge in [-0.1, -0.05) is 0 Å². The van der Waals surface area contributed by atoms with Crippen LogP contribution in [0.2, 0.25) is 0 Å². The number of rotatable bonds is 4. The smallest absolute Gasteiger partial charge is 0.325 e. The lowest BCUT2D eigenvalue weighted by Crippen LogP contribution is -2.13. The van der Waals surface area contributed by atoms with Gasteiger partial charge in [0.15, 0.2) is 0 Å². The van der Waals surface area contributed by atoms with Gasteiger partial charge in [-0.25, -0.2) is 0 Å². The van der Waals surface area contributed by atoms with Crippen LogP contribution in [-0.4, -0.2) is 33.8 Å². The number of ether oxygens (including phenoxy) is 1. The molecule has 0 atom stereocenters. The molecule has 3 N–H and O–H groups in total. The number of carbonyl (C=O) groups excluding carboxylic acids is 2. The van der Waals surface area contributed by atoms with E-state index >= 15 is 0 Å². The van der Waals surface area contributed by atoms with E-state index in [9.17, 15) is 9.59 Å². The van der Waals surface area contributed by atoms with Gasteiger partial charge in [-0.2, -0.15) is 5.10 Å². The Balaban J connectivity index is 2.21. The Bertz CT molecular complexity index is 849. The number of aromatic nitrogens is 3. The van der Waals surface area contributed by atoms with Crippen LogP contribution in [0, 0.1) is 0 Å². The number of carbonyl (C=O) groups is 2. The summed E-state index contributed by atoms with van der Waals surface area (Å²) in [5.41, 5.74) is 8.07. The van der Waals surface area contributed by atoms with Crippen molar-refractivity contribution in [1.29, 1.82) is 0 Å². The average molecular weight is 298 g/mol. The lowest BCUT2D eigenvalue weighted by Gasteiger charge is -2.08. The van der Waals surface area contributed by atoms with Crippen molar-refractivity contribution in [2.24, 2.45) is 5.73 Å². The zero-order valence-corrected chi connectivity index (χ0v) is 11.9. The van der Waals surface area contributed by atoms with E-state index in [1.54, 1.807) is 35.0 Å². The summed E-state index contributed by atoms with van der Waals surface area (Å²) in [5.74, 6) is -0.858. The van der Waals surface area contributed by atoms with Crippen LogP contribution in [0.5, 0.6) is 0 Å². The zero-order chi connectivity index (χ0) is 15.7. The molecule has 2 heterocycles. The number of fused-ring (bicyclic) bond motifs is 1. The molecule has 0 aliphatic heterocycles. The first-order valence-electron chi connectivity index (χ1n) is 6.60. The second-order valence-corrected chi connectivity index (χ2v) is 4.80. The van der Waals surface area contributed by atoms with Gasteiger partial charge in [-0.3, -0.25) is 14.7 Å². The molecule has 112 valence electrons. The molecule has 0 radical (unpaired) electrons. The number of nitrogens with zero attached hydrogens (tertiary/aromatic N) is 2. The van der Waals surface area contributed by atoms with Gasteiger partial charge in [0, 0.05) is 22.7 Å². The summed E-state index contributed by atoms with van der Waals surface area (Å²) >= 11 is 0. The summed E-state index contributed by atoms with van der Waals surface area (Å²) in [6.45, 7) is 0.0598. The van der Waals surface area contributed by atoms with Gasteiger partial charge < -0.3 is 15.0 Å². The third-order valence-corrected chi connectivity index (χ3v) is 3.48. The van der Waals surface area contributed by atoms with Gasteiger partial charge >= 0.3 is 5.97 Å². The van der Waals surface area contributed by atoms with Gasteiger partial charge in [0.1, 0.15) is 6.54 Å². The van der Waals surface area contributed by atoms with Crippen molar-refractivity contribution in [1.82, 2.24) is 14.8 Å². The Morgan fingerprint density at radius 2 is 2.14 bits per heavy atom. The molecule has 0 saturated heterocycles. The first kappa shape index (κ1) is 13.9. The van der Waals surface area contributed by atoms with Crippen molar-refractivity contribution in [2.75, 3.05) is 7.11 Å². The molecule has 3 rings (SSSR count). The molecule has 0 aliphatic carbocycles. The van der Waals surface area contributed by atoms with Crippen molar-refractivity contribution in [2.45, 2.75) is 6.54 Å². The maximum atomic E-state index is 11.7. The largest absolute Gasteiger partial charge is 0.468 e. The van der Waals surface area contributed by atoms with Crippen molar-refractivity contribution in [3.63, 3.8) is 0 Å². The number of amides is 1. The molecule has 7 nitrogen and oxygen atoms in total. The standard InChI is InChI=1S/C15H14N4O3/c1-22-14(20)8-19-12-3-2-9(15(16)21)6-10(12)7-13(19)11-4-5-17-18-11/h2-7H,8H2,1H3,(H2,16,21)(H,17,18). The summed E-state index contributed by atoms with van der Waals surface area (Å²) in [5, 5.41) is 7.61. The van der Waals surface area contributed by atoms with E-state index in [2.05, 4.69) is 10.2 Å². The van der Waals surface area contributed by atoms with Crippen molar-refractivity contribution < 1.29 is 14.3 Å². The third-order valence-electron chi connectivity index (χ3n) is 3.48. The number of hydrogen-bond donors (Lipinski definition) is 2. The molecule has 0 bridgehead atoms. The van der Waals surface area contributed by atoms with E-state index in [0.29, 0.717) is 5.56 Å². The lowest BCUT2D eigenvalue weighted by molar-refractivity contribution is -0.141. The van der Waals surface area contributed by atoms with Gasteiger partial charge in [-0.05, 0) is 30.3 Å². The summed E-state index contributed by atoms with van der Waals surface area (Å²) in [7, 11) is 1.34. The zero-order valence-electron chi connectivity index (χ0n) is 11.9. The predicted molar refractivity (Wildman–Crippen MR) is 80.1 cm³/mol. The second kappa shape index (κ2) is 5.36. The van der Waals surface area contributed by atoms with Gasteiger partial charge in [0.05, 0.1) is 18.5 Å². The number of hydrogen-bond acceptors (Lipinski definition) is 4. The van der Waals surface area contributed by atoms with Crippen molar-refractivity contribution >= 4 is 22.8 Å². The van der Waals surface area contributed by atoms with E-state index < -0.39 is 5.91 Å². The molecule has 0 aliphatic rings. The van der Waals surface area contributed by atoms with Crippen LogP contribution in [0.25, 0.3) is 22.3 Å². The molecule has 0 spiro atoms. The quantitative estimate of drug-likeness (QED) is 0.708. The number of esters is 1. The lowest BCUT2D eigenvalue weighted by atomic mass is 10.1. The minimum absolute atomic E-state index is 0.0598. The highest BCUT2D eigenvalue weighted by atomic mass is 16.5. The maximum Gasteiger partial charge on any atom is 0.325 e. The Morgan fingerprint density at radius 3 is 2.77 bits per heavy atom. The van der Waals surface area contributed by atoms with Crippen molar-refractivity contribution in [3.05, 3.63) is 42.1 Å². The first-order valence-corrected chi connectivity index (χ1v) is 6.60. The van der Waals surface area contributed by atoms with E-state index in [1.807, 2.05) is 6.07 Å². The van der Waals surface area contributed by atoms with Crippen LogP contribution in [0.4, 0.5) is 0 Å². The molecule has 1 amide bonds. The fraction of sp³-hybridized carbons (Fsp3) is 0.133. The number of methoxy groups -OCH3 is 1. The van der Waals surface area contributed by atoms with Gasteiger partial charge in [-0.15, -0.1) is 0 Å². The molecule has 3 aromatic rings. The highest BCUT2D eigenvalue weighted by molar-refractivity contribution is 5.98. The second-order valence-electron chi connectivity index (χ2n) is 4.80. The molecule has 2 aromatic heterocycles. The Kier molecular flexibility index (Phi) is 3.38. The van der Waals surface area contributed by atoms with Crippen molar-refractivity contribution in [3.8, 4) is 11.4 Å². The summed E-state index contributed by atoms with van der Waals surface area (Å²) < 4.78 is 6.55. The maximum absolute atomic E-state index is 11.7. The first-order chi connectivity index (χ1) is 10.6. The van der Waals surface area contributed by atoms with Gasteiger partial charge in [0.2, 0.25) is 5.91 Å². The number of H-pyrrole nitrogens is 1. The highest BCUT2D eigenvalue weighted by Crippen LogP contribution is 2.27. The Labute approximate surface area is 125 Å². The van der Waals surface area contributed by atoms with Crippen LogP contribution in [0.1, 0.15) is 10.4 Å². The van der Waals surface area contributed by atoms with E-state index in [0.717, 1.165) is 22.3 Å². The fourth-order valence-corrected chi connectivity index (χ4v) is 2.41. The third kappa shape index (κ3) is 2.32. The number of benzene rings is 1. The monoisotopic (exact) mass is 298 g/mol. The topological polar surface area (TPSA) is 103 Å². The highest BCUT2D eigenvalue weighted by Gasteiger charge is 2.15. The molecule has 0 saturated carbocycles. The summed E-state index contributed by atoms with van der Waals surface area (Å²) in [6.07, 6.45) is 1.63. The summed E-state index contributed by atoms with van der Waals surface area (Å²) in [6, 6.07) is 8.77. The number of nitrogens with two attached hydrogens (primary N) is 1. The minimum atomic E-state index is -0.495. The van der Waals surface area contributed by atoms with Crippen LogP contribution in [0.3, 0.4) is 0 Å². The fourth-order valence-electron chi connectivity index (χ4n) is 2.41. The van der Waals surface area contributed by atoms with Gasteiger partial charge in [0.25, 0.3) is 0 Å². The van der Waals surface area contributed by atoms with E-state index in [4.69, 9.17) is 10.5 Å². The molecule has 7 heteroatoms. The van der Waals surface area contributed by atoms with Crippen LogP contribution in [-0.2, 0) is 16.1 Å². The predicted octanol–water partition coefficient (Wildman–Crippen LogP) is 1.30. The van der Waals surface area contributed by atoms with E-state index in [-0.39, 0.29) is 12.5 Å². The van der Waals surface area contributed by atoms with E-state index in [1.165, 1.54) is 7.11 Å². The Hall–Kier alpha value is -3.09. The molecule has 0 unspecified atom stereocenters. The SMILES string of the molecule is COC(=O)Cn1c(-c2ccn[nH]2)cc2cc(C(N)=O)ccc21. The molecule has 1 aromatic carbocycles. The Morgan fingerprint density at radius 1 is 1.32 bits per heavy atom. The number of nitrogens with one attached hydrogen (secondary N) is 1. The number of aromatic amines is 1.